The predicted octanol–water partition coefficient (Wildman–Crippen LogP) is 1.26. The summed E-state index contributed by atoms with van der Waals surface area (Å²) >= 11 is 0. The number of benzene rings is 1. The highest BCUT2D eigenvalue weighted by Crippen LogP contribution is 2.25. The molecular weight excluding hydrogens is 292 g/mol. The summed E-state index contributed by atoms with van der Waals surface area (Å²) in [6.07, 6.45) is 7.16. The smallest absolute Gasteiger partial charge is 0.145 e. The first kappa shape index (κ1) is 14.0. The number of para-hydroxylation sites is 2. The van der Waals surface area contributed by atoms with Crippen molar-refractivity contribution in [1.29, 1.82) is 0 Å². The van der Waals surface area contributed by atoms with Crippen molar-refractivity contribution in [3.8, 4) is 11.4 Å². The SMILES string of the molecule is Cn1cc(CN2CC2COc2ccccc2-n2cncn2)cn1. The zero-order chi connectivity index (χ0) is 15.6. The van der Waals surface area contributed by atoms with Crippen LogP contribution in [0.1, 0.15) is 5.56 Å². The molecule has 7 heteroatoms. The highest BCUT2D eigenvalue weighted by molar-refractivity contribution is 5.45. The molecular formula is C16H18N6O. The predicted molar refractivity (Wildman–Crippen MR) is 84.3 cm³/mol. The number of ether oxygens (including phenoxy) is 1. The first-order chi connectivity index (χ1) is 11.3. The third kappa shape index (κ3) is 3.09. The van der Waals surface area contributed by atoms with Gasteiger partial charge in [-0.1, -0.05) is 12.1 Å². The van der Waals surface area contributed by atoms with Gasteiger partial charge in [0.1, 0.15) is 30.7 Å². The molecule has 118 valence electrons. The molecule has 0 bridgehead atoms. The molecule has 4 rings (SSSR count). The van der Waals surface area contributed by atoms with Gasteiger partial charge < -0.3 is 4.74 Å². The van der Waals surface area contributed by atoms with E-state index in [0.717, 1.165) is 24.5 Å². The molecule has 0 radical (unpaired) electrons. The van der Waals surface area contributed by atoms with Gasteiger partial charge in [0.15, 0.2) is 0 Å². The Morgan fingerprint density at radius 1 is 1.26 bits per heavy atom. The maximum atomic E-state index is 6.01. The fourth-order valence-electron chi connectivity index (χ4n) is 2.65. The van der Waals surface area contributed by atoms with Gasteiger partial charge in [-0.2, -0.15) is 10.2 Å². The maximum Gasteiger partial charge on any atom is 0.145 e. The molecule has 0 aliphatic carbocycles. The largest absolute Gasteiger partial charge is 0.490 e. The van der Waals surface area contributed by atoms with E-state index in [1.165, 1.54) is 11.9 Å². The number of nitrogens with zero attached hydrogens (tertiary/aromatic N) is 6. The van der Waals surface area contributed by atoms with Crippen LogP contribution < -0.4 is 4.74 Å². The van der Waals surface area contributed by atoms with Crippen LogP contribution in [0.2, 0.25) is 0 Å². The van der Waals surface area contributed by atoms with Crippen LogP contribution in [0.4, 0.5) is 0 Å². The summed E-state index contributed by atoms with van der Waals surface area (Å²) in [4.78, 5) is 6.36. The summed E-state index contributed by atoms with van der Waals surface area (Å²) in [6, 6.07) is 8.33. The first-order valence-corrected chi connectivity index (χ1v) is 7.58. The molecule has 7 nitrogen and oxygen atoms in total. The Bertz CT molecular complexity index is 781. The molecule has 0 amide bonds. The highest BCUT2D eigenvalue weighted by atomic mass is 16.5. The average Bonchev–Trinajstić information content (AvgIpc) is 2.93. The summed E-state index contributed by atoms with van der Waals surface area (Å²) in [5.41, 5.74) is 2.14. The third-order valence-electron chi connectivity index (χ3n) is 3.93. The minimum atomic E-state index is 0.457. The molecule has 1 saturated heterocycles. The van der Waals surface area contributed by atoms with E-state index in [1.807, 2.05) is 42.2 Å². The fourth-order valence-corrected chi connectivity index (χ4v) is 2.65. The maximum absolute atomic E-state index is 6.01. The molecule has 0 spiro atoms. The second-order valence-corrected chi connectivity index (χ2v) is 5.72. The van der Waals surface area contributed by atoms with Crippen LogP contribution in [-0.2, 0) is 13.6 Å². The molecule has 2 aromatic heterocycles. The Labute approximate surface area is 134 Å². The van der Waals surface area contributed by atoms with Crippen molar-refractivity contribution in [2.45, 2.75) is 12.6 Å². The molecule has 2 unspecified atom stereocenters. The highest BCUT2D eigenvalue weighted by Gasteiger charge is 2.34. The second kappa shape index (κ2) is 5.85. The van der Waals surface area contributed by atoms with E-state index in [9.17, 15) is 0 Å². The summed E-state index contributed by atoms with van der Waals surface area (Å²) in [6.45, 7) is 2.65. The van der Waals surface area contributed by atoms with E-state index in [4.69, 9.17) is 4.74 Å². The van der Waals surface area contributed by atoms with Crippen LogP contribution in [0.15, 0.2) is 49.3 Å². The van der Waals surface area contributed by atoms with Gasteiger partial charge in [0, 0.05) is 31.9 Å². The first-order valence-electron chi connectivity index (χ1n) is 7.58. The van der Waals surface area contributed by atoms with Crippen molar-refractivity contribution < 1.29 is 4.74 Å². The number of aromatic nitrogens is 5. The van der Waals surface area contributed by atoms with Crippen molar-refractivity contribution in [2.75, 3.05) is 13.2 Å². The van der Waals surface area contributed by atoms with Crippen LogP contribution in [0, 0.1) is 0 Å². The average molecular weight is 310 g/mol. The quantitative estimate of drug-likeness (QED) is 0.642. The van der Waals surface area contributed by atoms with Gasteiger partial charge in [0.05, 0.1) is 12.2 Å². The number of aryl methyl sites for hydroxylation is 1. The van der Waals surface area contributed by atoms with Crippen LogP contribution in [0.3, 0.4) is 0 Å². The van der Waals surface area contributed by atoms with Crippen LogP contribution >= 0.6 is 0 Å². The monoisotopic (exact) mass is 310 g/mol. The molecule has 3 aromatic rings. The van der Waals surface area contributed by atoms with Gasteiger partial charge >= 0.3 is 0 Å². The van der Waals surface area contributed by atoms with E-state index in [2.05, 4.69) is 26.3 Å². The molecule has 23 heavy (non-hydrogen) atoms. The van der Waals surface area contributed by atoms with Gasteiger partial charge in [-0.3, -0.25) is 9.58 Å². The lowest BCUT2D eigenvalue weighted by molar-refractivity contribution is 0.291. The van der Waals surface area contributed by atoms with Gasteiger partial charge in [-0.15, -0.1) is 0 Å². The molecule has 0 saturated carbocycles. The van der Waals surface area contributed by atoms with Gasteiger partial charge in [-0.05, 0) is 12.1 Å². The standard InChI is InChI=1S/C16H18N6O/c1-20-7-13(6-18-20)8-21-9-14(21)10-23-16-5-3-2-4-15(16)22-12-17-11-19-22/h2-7,11-12,14H,8-10H2,1H3. The Morgan fingerprint density at radius 2 is 2.17 bits per heavy atom. The number of hydrogen-bond donors (Lipinski definition) is 0. The van der Waals surface area contributed by atoms with Crippen LogP contribution in [-0.4, -0.2) is 48.6 Å². The molecule has 1 fully saturated rings. The van der Waals surface area contributed by atoms with E-state index in [0.29, 0.717) is 12.6 Å². The van der Waals surface area contributed by atoms with Crippen molar-refractivity contribution in [3.05, 3.63) is 54.9 Å². The lowest BCUT2D eigenvalue weighted by Crippen LogP contribution is -2.12. The summed E-state index contributed by atoms with van der Waals surface area (Å²) < 4.78 is 9.56. The molecule has 0 N–H and O–H groups in total. The van der Waals surface area contributed by atoms with Crippen LogP contribution in [0.5, 0.6) is 5.75 Å². The molecule has 2 atom stereocenters. The third-order valence-corrected chi connectivity index (χ3v) is 3.93. The molecule has 1 aliphatic heterocycles. The van der Waals surface area contributed by atoms with Gasteiger partial charge in [0.2, 0.25) is 0 Å². The second-order valence-electron chi connectivity index (χ2n) is 5.72. The van der Waals surface area contributed by atoms with Crippen LogP contribution in [0.25, 0.3) is 5.69 Å². The Balaban J connectivity index is 1.36. The lowest BCUT2D eigenvalue weighted by atomic mass is 10.3. The minimum absolute atomic E-state index is 0.457. The van der Waals surface area contributed by atoms with Crippen molar-refractivity contribution in [1.82, 2.24) is 29.4 Å². The van der Waals surface area contributed by atoms with E-state index in [1.54, 1.807) is 11.0 Å². The Morgan fingerprint density at radius 3 is 2.96 bits per heavy atom. The molecule has 1 aliphatic rings. The van der Waals surface area contributed by atoms with Crippen molar-refractivity contribution in [2.24, 2.45) is 7.05 Å². The lowest BCUT2D eigenvalue weighted by Gasteiger charge is -2.11. The summed E-state index contributed by atoms with van der Waals surface area (Å²) in [7, 11) is 1.94. The van der Waals surface area contributed by atoms with E-state index < -0.39 is 0 Å². The Kier molecular flexibility index (Phi) is 3.55. The zero-order valence-electron chi connectivity index (χ0n) is 12.9. The molecule has 1 aromatic carbocycles. The summed E-state index contributed by atoms with van der Waals surface area (Å²) in [5.74, 6) is 0.825. The van der Waals surface area contributed by atoms with Gasteiger partial charge in [-0.25, -0.2) is 9.67 Å². The zero-order valence-corrected chi connectivity index (χ0v) is 12.9. The Hall–Kier alpha value is -2.67. The number of rotatable bonds is 6. The molecule has 3 heterocycles. The van der Waals surface area contributed by atoms with Gasteiger partial charge in [0.25, 0.3) is 0 Å². The van der Waals surface area contributed by atoms with E-state index >= 15 is 0 Å². The van der Waals surface area contributed by atoms with Crippen molar-refractivity contribution >= 4 is 0 Å². The topological polar surface area (TPSA) is 60.8 Å². The minimum Gasteiger partial charge on any atom is -0.490 e. The normalized spacial score (nSPS) is 19.7. The fraction of sp³-hybridized carbons (Fsp3) is 0.312. The van der Waals surface area contributed by atoms with E-state index in [-0.39, 0.29) is 0 Å². The number of hydrogen-bond acceptors (Lipinski definition) is 5. The summed E-state index contributed by atoms with van der Waals surface area (Å²) in [5, 5.41) is 8.37. The van der Waals surface area contributed by atoms with Crippen molar-refractivity contribution in [3.63, 3.8) is 0 Å².